The Morgan fingerprint density at radius 2 is 1.64 bits per heavy atom. The van der Waals surface area contributed by atoms with Gasteiger partial charge in [-0.15, -0.1) is 0 Å². The summed E-state index contributed by atoms with van der Waals surface area (Å²) in [5, 5.41) is 0. The van der Waals surface area contributed by atoms with Crippen molar-refractivity contribution in [2.45, 2.75) is 24.7 Å². The zero-order valence-electron chi connectivity index (χ0n) is 12.2. The van der Waals surface area contributed by atoms with Gasteiger partial charge in [0.05, 0.1) is 5.56 Å². The molecule has 1 N–H and O–H groups in total. The van der Waals surface area contributed by atoms with Crippen molar-refractivity contribution >= 4 is 16.1 Å². The van der Waals surface area contributed by atoms with Crippen LogP contribution in [0.4, 0.5) is 0 Å². The maximum Gasteiger partial charge on any atom is 0.344 e. The fourth-order valence-corrected chi connectivity index (χ4v) is 2.62. The van der Waals surface area contributed by atoms with Gasteiger partial charge in [0, 0.05) is 0 Å². The van der Waals surface area contributed by atoms with Gasteiger partial charge in [0.15, 0.2) is 0 Å². The number of carbonyl (C=O) groups is 1. The number of esters is 1. The lowest BCUT2D eigenvalue weighted by molar-refractivity contribution is 0.0730. The van der Waals surface area contributed by atoms with Crippen LogP contribution in [0.5, 0.6) is 5.75 Å². The van der Waals surface area contributed by atoms with Gasteiger partial charge in [-0.3, -0.25) is 4.55 Å². The summed E-state index contributed by atoms with van der Waals surface area (Å²) in [7, 11) is -4.49. The normalized spacial score (nSPS) is 11.5. The second-order valence-electron chi connectivity index (χ2n) is 5.08. The van der Waals surface area contributed by atoms with Crippen LogP contribution in [-0.4, -0.2) is 18.9 Å². The molecule has 0 atom stereocenters. The highest BCUT2D eigenvalue weighted by Crippen LogP contribution is 2.21. The van der Waals surface area contributed by atoms with Crippen molar-refractivity contribution in [3.8, 4) is 5.75 Å². The maximum absolute atomic E-state index is 12.1. The predicted molar refractivity (Wildman–Crippen MR) is 81.7 cm³/mol. The van der Waals surface area contributed by atoms with Gasteiger partial charge >= 0.3 is 5.97 Å². The minimum atomic E-state index is -4.49. The molecule has 0 fully saturated rings. The Labute approximate surface area is 129 Å². The smallest absolute Gasteiger partial charge is 0.344 e. The minimum Gasteiger partial charge on any atom is -0.423 e. The first-order valence-corrected chi connectivity index (χ1v) is 8.11. The van der Waals surface area contributed by atoms with E-state index in [1.165, 1.54) is 18.2 Å². The Morgan fingerprint density at radius 1 is 1.05 bits per heavy atom. The Hall–Kier alpha value is -2.18. The van der Waals surface area contributed by atoms with E-state index in [1.807, 2.05) is 26.0 Å². The summed E-state index contributed by atoms with van der Waals surface area (Å²) in [5.41, 5.74) is 0.885. The standard InChI is InChI=1S/C16H16O5S/c1-11(2)12-7-9-13(10-8-12)21-16(17)14-5-3-4-6-15(14)22(18,19)20/h3-11H,1-2H3,(H,18,19,20). The van der Waals surface area contributed by atoms with Crippen LogP contribution < -0.4 is 4.74 Å². The molecule has 0 saturated carbocycles. The number of hydrogen-bond acceptors (Lipinski definition) is 4. The van der Waals surface area contributed by atoms with Gasteiger partial charge in [0.2, 0.25) is 0 Å². The van der Waals surface area contributed by atoms with Gasteiger partial charge < -0.3 is 4.74 Å². The van der Waals surface area contributed by atoms with E-state index >= 15 is 0 Å². The lowest BCUT2D eigenvalue weighted by atomic mass is 10.0. The first kappa shape index (κ1) is 16.2. The van der Waals surface area contributed by atoms with Gasteiger partial charge in [0.1, 0.15) is 10.6 Å². The summed E-state index contributed by atoms with van der Waals surface area (Å²) < 4.78 is 36.9. The van der Waals surface area contributed by atoms with Crippen LogP contribution in [-0.2, 0) is 10.1 Å². The first-order valence-electron chi connectivity index (χ1n) is 6.67. The molecular formula is C16H16O5S. The summed E-state index contributed by atoms with van der Waals surface area (Å²) in [6, 6.07) is 12.3. The molecule has 0 aromatic heterocycles. The average molecular weight is 320 g/mol. The lowest BCUT2D eigenvalue weighted by Crippen LogP contribution is -2.13. The molecule has 0 radical (unpaired) electrons. The van der Waals surface area contributed by atoms with Crippen LogP contribution in [0.2, 0.25) is 0 Å². The third-order valence-corrected chi connectivity index (χ3v) is 4.05. The topological polar surface area (TPSA) is 80.7 Å². The number of benzene rings is 2. The Kier molecular flexibility index (Phi) is 4.63. The minimum absolute atomic E-state index is 0.210. The fraction of sp³-hybridized carbons (Fsp3) is 0.188. The molecule has 0 heterocycles. The Bertz CT molecular complexity index is 776. The van der Waals surface area contributed by atoms with E-state index < -0.39 is 21.0 Å². The zero-order valence-corrected chi connectivity index (χ0v) is 13.0. The lowest BCUT2D eigenvalue weighted by Gasteiger charge is -2.09. The Balaban J connectivity index is 2.27. The molecule has 0 aliphatic rings. The van der Waals surface area contributed by atoms with E-state index in [-0.39, 0.29) is 5.56 Å². The Morgan fingerprint density at radius 3 is 2.18 bits per heavy atom. The van der Waals surface area contributed by atoms with Gasteiger partial charge in [-0.25, -0.2) is 4.79 Å². The van der Waals surface area contributed by atoms with Crippen LogP contribution in [0.25, 0.3) is 0 Å². The van der Waals surface area contributed by atoms with Gasteiger partial charge in [-0.05, 0) is 35.7 Å². The van der Waals surface area contributed by atoms with Crippen LogP contribution in [0.15, 0.2) is 53.4 Å². The molecule has 0 unspecified atom stereocenters. The largest absolute Gasteiger partial charge is 0.423 e. The highest BCUT2D eigenvalue weighted by molar-refractivity contribution is 7.86. The summed E-state index contributed by atoms with van der Waals surface area (Å²) >= 11 is 0. The number of ether oxygens (including phenoxy) is 1. The quantitative estimate of drug-likeness (QED) is 0.531. The summed E-state index contributed by atoms with van der Waals surface area (Å²) in [4.78, 5) is 11.6. The van der Waals surface area contributed by atoms with Crippen molar-refractivity contribution < 1.29 is 22.5 Å². The molecule has 0 aliphatic heterocycles. The molecule has 0 saturated heterocycles. The highest BCUT2D eigenvalue weighted by atomic mass is 32.2. The number of carbonyl (C=O) groups excluding carboxylic acids is 1. The molecule has 0 amide bonds. The van der Waals surface area contributed by atoms with Crippen molar-refractivity contribution in [1.82, 2.24) is 0 Å². The predicted octanol–water partition coefficient (Wildman–Crippen LogP) is 3.28. The van der Waals surface area contributed by atoms with Crippen molar-refractivity contribution in [3.63, 3.8) is 0 Å². The third kappa shape index (κ3) is 3.72. The van der Waals surface area contributed by atoms with Gasteiger partial charge in [-0.1, -0.05) is 38.1 Å². The molecule has 0 spiro atoms. The second-order valence-corrected chi connectivity index (χ2v) is 6.47. The number of rotatable bonds is 4. The molecule has 0 bridgehead atoms. The SMILES string of the molecule is CC(C)c1ccc(OC(=O)c2ccccc2S(=O)(=O)O)cc1. The van der Waals surface area contributed by atoms with Gasteiger partial charge in [0.25, 0.3) is 10.1 Å². The second kappa shape index (κ2) is 6.29. The van der Waals surface area contributed by atoms with E-state index in [9.17, 15) is 13.2 Å². The van der Waals surface area contributed by atoms with Crippen molar-refractivity contribution in [3.05, 3.63) is 59.7 Å². The molecule has 2 aromatic rings. The van der Waals surface area contributed by atoms with E-state index in [1.54, 1.807) is 12.1 Å². The van der Waals surface area contributed by atoms with Crippen LogP contribution in [0.1, 0.15) is 35.7 Å². The molecule has 2 aromatic carbocycles. The van der Waals surface area contributed by atoms with E-state index in [0.717, 1.165) is 11.6 Å². The average Bonchev–Trinajstić information content (AvgIpc) is 2.47. The summed E-state index contributed by atoms with van der Waals surface area (Å²) in [6.45, 7) is 4.09. The summed E-state index contributed by atoms with van der Waals surface area (Å²) in [5.74, 6) is -0.185. The molecule has 5 nitrogen and oxygen atoms in total. The third-order valence-electron chi connectivity index (χ3n) is 3.14. The molecule has 22 heavy (non-hydrogen) atoms. The van der Waals surface area contributed by atoms with Crippen LogP contribution in [0, 0.1) is 0 Å². The summed E-state index contributed by atoms with van der Waals surface area (Å²) in [6.07, 6.45) is 0. The van der Waals surface area contributed by atoms with Crippen molar-refractivity contribution in [2.24, 2.45) is 0 Å². The van der Waals surface area contributed by atoms with Crippen molar-refractivity contribution in [2.75, 3.05) is 0 Å². The maximum atomic E-state index is 12.1. The van der Waals surface area contributed by atoms with E-state index in [4.69, 9.17) is 9.29 Å². The molecule has 2 rings (SSSR count). The molecule has 0 aliphatic carbocycles. The fourth-order valence-electron chi connectivity index (χ4n) is 1.94. The highest BCUT2D eigenvalue weighted by Gasteiger charge is 2.21. The molecule has 116 valence electrons. The van der Waals surface area contributed by atoms with E-state index in [0.29, 0.717) is 11.7 Å². The zero-order chi connectivity index (χ0) is 16.3. The first-order chi connectivity index (χ1) is 10.3. The molecular weight excluding hydrogens is 304 g/mol. The molecule has 6 heteroatoms. The van der Waals surface area contributed by atoms with Crippen LogP contribution in [0.3, 0.4) is 0 Å². The van der Waals surface area contributed by atoms with Gasteiger partial charge in [-0.2, -0.15) is 8.42 Å². The van der Waals surface area contributed by atoms with Crippen LogP contribution >= 0.6 is 0 Å². The number of hydrogen-bond donors (Lipinski definition) is 1. The van der Waals surface area contributed by atoms with E-state index in [2.05, 4.69) is 0 Å². The van der Waals surface area contributed by atoms with Crippen molar-refractivity contribution in [1.29, 1.82) is 0 Å². The monoisotopic (exact) mass is 320 g/mol.